The van der Waals surface area contributed by atoms with Crippen molar-refractivity contribution in [3.8, 4) is 0 Å². The van der Waals surface area contributed by atoms with Crippen LogP contribution in [0.2, 0.25) is 0 Å². The second kappa shape index (κ2) is 6.45. The molecular weight excluding hydrogens is 262 g/mol. The predicted molar refractivity (Wildman–Crippen MR) is 74.7 cm³/mol. The molecule has 3 atom stereocenters. The molecule has 1 aliphatic rings. The van der Waals surface area contributed by atoms with Crippen LogP contribution in [0.4, 0.5) is 0 Å². The summed E-state index contributed by atoms with van der Waals surface area (Å²) in [5, 5.41) is 5.84. The normalized spacial score (nSPS) is 24.4. The number of ether oxygens (including phenoxy) is 1. The van der Waals surface area contributed by atoms with Gasteiger partial charge in [-0.2, -0.15) is 0 Å². The molecule has 0 aromatic carbocycles. The van der Waals surface area contributed by atoms with Crippen LogP contribution in [0.3, 0.4) is 0 Å². The van der Waals surface area contributed by atoms with E-state index in [4.69, 9.17) is 10.5 Å². The smallest absolute Gasteiger partial charge is 0.223 e. The maximum atomic E-state index is 11.9. The molecule has 1 fully saturated rings. The number of hydrogen-bond donors (Lipinski definition) is 2. The maximum Gasteiger partial charge on any atom is 0.223 e. The Hall–Kier alpha value is -0.980. The van der Waals surface area contributed by atoms with Crippen molar-refractivity contribution >= 4 is 17.2 Å². The van der Waals surface area contributed by atoms with Gasteiger partial charge in [0.05, 0.1) is 12.2 Å². The molecule has 1 heterocycles. The van der Waals surface area contributed by atoms with Crippen molar-refractivity contribution in [3.63, 3.8) is 0 Å². The van der Waals surface area contributed by atoms with Gasteiger partial charge in [0, 0.05) is 24.4 Å². The zero-order chi connectivity index (χ0) is 13.8. The van der Waals surface area contributed by atoms with Crippen LogP contribution in [0.15, 0.2) is 5.38 Å². The summed E-state index contributed by atoms with van der Waals surface area (Å²) in [6.07, 6.45) is 2.65. The fraction of sp³-hybridized carbons (Fsp3) is 0.692. The minimum Gasteiger partial charge on any atom is -0.375 e. The molecule has 3 N–H and O–H groups in total. The molecule has 6 heteroatoms. The highest BCUT2D eigenvalue weighted by Gasteiger charge is 2.27. The first-order chi connectivity index (χ1) is 9.10. The number of aromatic nitrogens is 1. The second-order valence-electron chi connectivity index (χ2n) is 5.04. The van der Waals surface area contributed by atoms with Gasteiger partial charge < -0.3 is 15.8 Å². The van der Waals surface area contributed by atoms with Gasteiger partial charge in [-0.25, -0.2) is 4.98 Å². The third-order valence-corrected chi connectivity index (χ3v) is 4.61. The number of hydrogen-bond acceptors (Lipinski definition) is 5. The monoisotopic (exact) mass is 283 g/mol. The van der Waals surface area contributed by atoms with Gasteiger partial charge in [0.25, 0.3) is 0 Å². The van der Waals surface area contributed by atoms with Gasteiger partial charge in [-0.15, -0.1) is 11.3 Å². The van der Waals surface area contributed by atoms with Crippen molar-refractivity contribution < 1.29 is 9.53 Å². The summed E-state index contributed by atoms with van der Waals surface area (Å²) in [5.41, 5.74) is 6.71. The van der Waals surface area contributed by atoms with Crippen molar-refractivity contribution in [2.45, 2.75) is 44.9 Å². The minimum atomic E-state index is 0.00211. The van der Waals surface area contributed by atoms with E-state index < -0.39 is 0 Å². The molecule has 2 rings (SSSR count). The lowest BCUT2D eigenvalue weighted by atomic mass is 10.1. The fourth-order valence-corrected chi connectivity index (χ4v) is 3.12. The average Bonchev–Trinajstić information content (AvgIpc) is 3.04. The van der Waals surface area contributed by atoms with Crippen LogP contribution < -0.4 is 11.1 Å². The van der Waals surface area contributed by atoms with E-state index in [-0.39, 0.29) is 24.0 Å². The number of nitrogens with zero attached hydrogens (tertiary/aromatic N) is 1. The molecule has 0 radical (unpaired) electrons. The van der Waals surface area contributed by atoms with Gasteiger partial charge in [-0.05, 0) is 26.2 Å². The molecule has 1 aromatic rings. The topological polar surface area (TPSA) is 77.2 Å². The van der Waals surface area contributed by atoms with Crippen LogP contribution in [-0.2, 0) is 16.1 Å². The predicted octanol–water partition coefficient (Wildman–Crippen LogP) is 1.59. The number of carbonyl (C=O) groups is 1. The van der Waals surface area contributed by atoms with Gasteiger partial charge in [0.15, 0.2) is 0 Å². The maximum absolute atomic E-state index is 11.9. The van der Waals surface area contributed by atoms with Gasteiger partial charge in [0.2, 0.25) is 5.91 Å². The van der Waals surface area contributed by atoms with Crippen LogP contribution in [0, 0.1) is 5.92 Å². The Labute approximate surface area is 117 Å². The third kappa shape index (κ3) is 3.75. The van der Waals surface area contributed by atoms with Crippen LogP contribution in [0.5, 0.6) is 0 Å². The minimum absolute atomic E-state index is 0.00211. The summed E-state index contributed by atoms with van der Waals surface area (Å²) in [6, 6.07) is 0.184. The Balaban J connectivity index is 1.82. The van der Waals surface area contributed by atoms with Gasteiger partial charge in [0.1, 0.15) is 11.1 Å². The SMILES string of the molecule is COC(C)c1nc(CNC(=O)C2CCC(N)C2)cs1. The first-order valence-electron chi connectivity index (χ1n) is 6.60. The summed E-state index contributed by atoms with van der Waals surface area (Å²) in [4.78, 5) is 16.4. The van der Waals surface area contributed by atoms with Gasteiger partial charge in [-0.1, -0.05) is 0 Å². The van der Waals surface area contributed by atoms with Crippen molar-refractivity contribution in [2.75, 3.05) is 7.11 Å². The van der Waals surface area contributed by atoms with Crippen molar-refractivity contribution in [1.29, 1.82) is 0 Å². The fourth-order valence-electron chi connectivity index (χ4n) is 2.27. The molecule has 0 saturated heterocycles. The number of rotatable bonds is 5. The van der Waals surface area contributed by atoms with E-state index in [9.17, 15) is 4.79 Å². The number of nitrogens with one attached hydrogen (secondary N) is 1. The number of thiazole rings is 1. The third-order valence-electron chi connectivity index (χ3n) is 3.56. The summed E-state index contributed by atoms with van der Waals surface area (Å²) in [6.45, 7) is 2.44. The Morgan fingerprint density at radius 2 is 2.47 bits per heavy atom. The van der Waals surface area contributed by atoms with E-state index in [1.807, 2.05) is 12.3 Å². The van der Waals surface area contributed by atoms with E-state index in [0.717, 1.165) is 30.0 Å². The molecule has 5 nitrogen and oxygen atoms in total. The van der Waals surface area contributed by atoms with Crippen LogP contribution in [0.1, 0.15) is 43.0 Å². The van der Waals surface area contributed by atoms with Gasteiger partial charge >= 0.3 is 0 Å². The highest BCUT2D eigenvalue weighted by atomic mass is 32.1. The molecule has 1 aliphatic carbocycles. The number of methoxy groups -OCH3 is 1. The summed E-state index contributed by atoms with van der Waals surface area (Å²) >= 11 is 1.56. The molecule has 1 saturated carbocycles. The van der Waals surface area contributed by atoms with E-state index in [0.29, 0.717) is 6.54 Å². The first kappa shape index (κ1) is 14.4. The zero-order valence-electron chi connectivity index (χ0n) is 11.4. The molecule has 0 spiro atoms. The Bertz CT molecular complexity index is 435. The molecule has 1 aromatic heterocycles. The Morgan fingerprint density at radius 1 is 1.68 bits per heavy atom. The van der Waals surface area contributed by atoms with E-state index in [1.165, 1.54) is 0 Å². The van der Waals surface area contributed by atoms with E-state index >= 15 is 0 Å². The van der Waals surface area contributed by atoms with Crippen molar-refractivity contribution in [2.24, 2.45) is 11.7 Å². The van der Waals surface area contributed by atoms with Crippen molar-refractivity contribution in [1.82, 2.24) is 10.3 Å². The molecule has 3 unspecified atom stereocenters. The first-order valence-corrected chi connectivity index (χ1v) is 7.48. The summed E-state index contributed by atoms with van der Waals surface area (Å²) in [7, 11) is 1.66. The summed E-state index contributed by atoms with van der Waals surface area (Å²) < 4.78 is 5.21. The zero-order valence-corrected chi connectivity index (χ0v) is 12.2. The average molecular weight is 283 g/mol. The van der Waals surface area contributed by atoms with E-state index in [2.05, 4.69) is 10.3 Å². The molecule has 106 valence electrons. The lowest BCUT2D eigenvalue weighted by Gasteiger charge is -2.09. The largest absolute Gasteiger partial charge is 0.375 e. The lowest BCUT2D eigenvalue weighted by Crippen LogP contribution is -2.30. The summed E-state index contributed by atoms with van der Waals surface area (Å²) in [5.74, 6) is 0.174. The Kier molecular flexibility index (Phi) is 4.90. The Morgan fingerprint density at radius 3 is 3.11 bits per heavy atom. The second-order valence-corrected chi connectivity index (χ2v) is 5.93. The quantitative estimate of drug-likeness (QED) is 0.860. The highest BCUT2D eigenvalue weighted by molar-refractivity contribution is 7.09. The number of nitrogens with two attached hydrogens (primary N) is 1. The van der Waals surface area contributed by atoms with Gasteiger partial charge in [-0.3, -0.25) is 4.79 Å². The van der Waals surface area contributed by atoms with E-state index in [1.54, 1.807) is 18.4 Å². The molecule has 19 heavy (non-hydrogen) atoms. The molecule has 0 bridgehead atoms. The van der Waals surface area contributed by atoms with Crippen LogP contribution in [-0.4, -0.2) is 24.0 Å². The number of amides is 1. The number of carbonyl (C=O) groups excluding carboxylic acids is 1. The lowest BCUT2D eigenvalue weighted by molar-refractivity contribution is -0.125. The molecular formula is C13H21N3O2S. The van der Waals surface area contributed by atoms with Crippen LogP contribution in [0.25, 0.3) is 0 Å². The molecule has 0 aliphatic heterocycles. The van der Waals surface area contributed by atoms with Crippen LogP contribution >= 0.6 is 11.3 Å². The van der Waals surface area contributed by atoms with Crippen molar-refractivity contribution in [3.05, 3.63) is 16.1 Å². The highest BCUT2D eigenvalue weighted by Crippen LogP contribution is 2.24. The standard InChI is InChI=1S/C13H21N3O2S/c1-8(18-2)13-16-11(7-19-13)6-15-12(17)9-3-4-10(14)5-9/h7-10H,3-6,14H2,1-2H3,(H,15,17). The molecule has 1 amide bonds.